The number of benzene rings is 1. The second-order valence-electron chi connectivity index (χ2n) is 6.94. The molecule has 12 heteroatoms. The monoisotopic (exact) mass is 421 g/mol. The first-order valence-electron chi connectivity index (χ1n) is 8.65. The number of amides is 1. The smallest absolute Gasteiger partial charge is 0.331 e. The SMILES string of the molecule is CC1Cn2c(nnc2C(F)(F)F)CN1C(=O)CC(N)Cc1cc(F)c(F)cc1F. The van der Waals surface area contributed by atoms with Crippen LogP contribution >= 0.6 is 0 Å². The Hall–Kier alpha value is -2.63. The van der Waals surface area contributed by atoms with Crippen molar-refractivity contribution in [3.63, 3.8) is 0 Å². The van der Waals surface area contributed by atoms with Crippen LogP contribution in [0.25, 0.3) is 0 Å². The number of nitrogens with two attached hydrogens (primary N) is 1. The molecule has 1 aliphatic rings. The quantitative estimate of drug-likeness (QED) is 0.608. The molecule has 0 fully saturated rings. The van der Waals surface area contributed by atoms with Crippen molar-refractivity contribution in [1.82, 2.24) is 19.7 Å². The topological polar surface area (TPSA) is 77.0 Å². The van der Waals surface area contributed by atoms with Crippen molar-refractivity contribution in [2.45, 2.75) is 51.1 Å². The van der Waals surface area contributed by atoms with Crippen molar-refractivity contribution in [2.24, 2.45) is 5.73 Å². The van der Waals surface area contributed by atoms with E-state index >= 15 is 0 Å². The lowest BCUT2D eigenvalue weighted by Crippen LogP contribution is -2.47. The molecule has 2 N–H and O–H groups in total. The number of hydrogen-bond acceptors (Lipinski definition) is 4. The van der Waals surface area contributed by atoms with Crippen LogP contribution in [0.2, 0.25) is 0 Å². The number of hydrogen-bond donors (Lipinski definition) is 1. The maximum absolute atomic E-state index is 13.7. The summed E-state index contributed by atoms with van der Waals surface area (Å²) in [5.74, 6) is -5.16. The zero-order chi connectivity index (χ0) is 21.5. The number of nitrogens with zero attached hydrogens (tertiary/aromatic N) is 4. The molecule has 2 unspecified atom stereocenters. The predicted octanol–water partition coefficient (Wildman–Crippen LogP) is 2.41. The summed E-state index contributed by atoms with van der Waals surface area (Å²) in [5.41, 5.74) is 5.68. The molecule has 0 bridgehead atoms. The number of alkyl halides is 3. The summed E-state index contributed by atoms with van der Waals surface area (Å²) in [6, 6.07) is -0.407. The molecule has 2 aromatic rings. The van der Waals surface area contributed by atoms with Crippen molar-refractivity contribution < 1.29 is 31.1 Å². The number of aromatic nitrogens is 3. The van der Waals surface area contributed by atoms with Gasteiger partial charge in [0.15, 0.2) is 17.5 Å². The summed E-state index contributed by atoms with van der Waals surface area (Å²) in [5, 5.41) is 6.66. The molecule has 6 nitrogen and oxygen atoms in total. The van der Waals surface area contributed by atoms with Gasteiger partial charge in [-0.3, -0.25) is 4.79 Å². The molecule has 0 aliphatic carbocycles. The van der Waals surface area contributed by atoms with Crippen LogP contribution in [-0.2, 0) is 30.5 Å². The lowest BCUT2D eigenvalue weighted by atomic mass is 10.0. The van der Waals surface area contributed by atoms with Gasteiger partial charge in [0.05, 0.1) is 6.54 Å². The number of carbonyl (C=O) groups excluding carboxylic acids is 1. The lowest BCUT2D eigenvalue weighted by molar-refractivity contribution is -0.148. The summed E-state index contributed by atoms with van der Waals surface area (Å²) in [6.07, 6.45) is -5.14. The van der Waals surface area contributed by atoms with E-state index in [0.29, 0.717) is 12.1 Å². The fraction of sp³-hybridized carbons (Fsp3) is 0.471. The predicted molar refractivity (Wildman–Crippen MR) is 87.6 cm³/mol. The van der Waals surface area contributed by atoms with E-state index in [1.807, 2.05) is 0 Å². The number of fused-ring (bicyclic) bond motifs is 1. The van der Waals surface area contributed by atoms with Gasteiger partial charge in [-0.15, -0.1) is 10.2 Å². The van der Waals surface area contributed by atoms with Gasteiger partial charge in [0, 0.05) is 31.1 Å². The first-order valence-corrected chi connectivity index (χ1v) is 8.65. The second-order valence-corrected chi connectivity index (χ2v) is 6.94. The third-order valence-electron chi connectivity index (χ3n) is 4.70. The van der Waals surface area contributed by atoms with Crippen LogP contribution in [-0.4, -0.2) is 37.7 Å². The Morgan fingerprint density at radius 3 is 2.52 bits per heavy atom. The van der Waals surface area contributed by atoms with E-state index in [-0.39, 0.29) is 37.3 Å². The third kappa shape index (κ3) is 4.36. The Bertz CT molecular complexity index is 928. The molecule has 158 valence electrons. The van der Waals surface area contributed by atoms with Crippen LogP contribution in [0.15, 0.2) is 12.1 Å². The molecule has 2 atom stereocenters. The highest BCUT2D eigenvalue weighted by Gasteiger charge is 2.41. The van der Waals surface area contributed by atoms with Crippen molar-refractivity contribution in [2.75, 3.05) is 0 Å². The van der Waals surface area contributed by atoms with E-state index in [4.69, 9.17) is 5.73 Å². The summed E-state index contributed by atoms with van der Waals surface area (Å²) >= 11 is 0. The third-order valence-corrected chi connectivity index (χ3v) is 4.70. The molecule has 1 amide bonds. The molecule has 0 saturated carbocycles. The van der Waals surface area contributed by atoms with Gasteiger partial charge < -0.3 is 15.2 Å². The van der Waals surface area contributed by atoms with Gasteiger partial charge in [0.1, 0.15) is 5.82 Å². The van der Waals surface area contributed by atoms with E-state index < -0.39 is 47.4 Å². The summed E-state index contributed by atoms with van der Waals surface area (Å²) < 4.78 is 79.8. The molecular weight excluding hydrogens is 404 g/mol. The van der Waals surface area contributed by atoms with E-state index in [1.54, 1.807) is 6.92 Å². The zero-order valence-electron chi connectivity index (χ0n) is 15.2. The van der Waals surface area contributed by atoms with Gasteiger partial charge in [-0.25, -0.2) is 13.2 Å². The van der Waals surface area contributed by atoms with E-state index in [0.717, 1.165) is 4.57 Å². The van der Waals surface area contributed by atoms with E-state index in [1.165, 1.54) is 4.90 Å². The summed E-state index contributed by atoms with van der Waals surface area (Å²) in [7, 11) is 0. The molecule has 2 heterocycles. The fourth-order valence-electron chi connectivity index (χ4n) is 3.28. The number of carbonyl (C=O) groups is 1. The Morgan fingerprint density at radius 2 is 1.86 bits per heavy atom. The molecule has 29 heavy (non-hydrogen) atoms. The van der Waals surface area contributed by atoms with Gasteiger partial charge in [-0.1, -0.05) is 0 Å². The maximum Gasteiger partial charge on any atom is 0.451 e. The lowest BCUT2D eigenvalue weighted by Gasteiger charge is -2.34. The van der Waals surface area contributed by atoms with E-state index in [9.17, 15) is 31.1 Å². The minimum absolute atomic E-state index is 0.0102. The molecule has 3 rings (SSSR count). The highest BCUT2D eigenvalue weighted by molar-refractivity contribution is 5.77. The maximum atomic E-state index is 13.7. The Kier molecular flexibility index (Phi) is 5.57. The van der Waals surface area contributed by atoms with Crippen LogP contribution < -0.4 is 5.73 Å². The highest BCUT2D eigenvalue weighted by Crippen LogP contribution is 2.30. The highest BCUT2D eigenvalue weighted by atomic mass is 19.4. The van der Waals surface area contributed by atoms with Crippen LogP contribution in [0.5, 0.6) is 0 Å². The van der Waals surface area contributed by atoms with Crippen molar-refractivity contribution in [3.8, 4) is 0 Å². The number of halogens is 6. The zero-order valence-corrected chi connectivity index (χ0v) is 15.2. The Balaban J connectivity index is 1.68. The van der Waals surface area contributed by atoms with Gasteiger partial charge in [-0.2, -0.15) is 13.2 Å². The van der Waals surface area contributed by atoms with Crippen LogP contribution in [0.1, 0.15) is 30.6 Å². The van der Waals surface area contributed by atoms with Gasteiger partial charge in [0.25, 0.3) is 0 Å². The second kappa shape index (κ2) is 7.65. The standard InChI is InChI=1S/C17H17F6N5O/c1-8-6-28-14(25-26-16(28)17(21,22)23)7-27(8)15(29)4-10(24)2-9-3-12(19)13(20)5-11(9)18/h3,5,8,10H,2,4,6-7,24H2,1H3. The van der Waals surface area contributed by atoms with Crippen molar-refractivity contribution >= 4 is 5.91 Å². The largest absolute Gasteiger partial charge is 0.451 e. The molecule has 1 aromatic carbocycles. The summed E-state index contributed by atoms with van der Waals surface area (Å²) in [6.45, 7) is 1.24. The average Bonchev–Trinajstić information content (AvgIpc) is 3.01. The molecule has 1 aliphatic heterocycles. The fourth-order valence-corrected chi connectivity index (χ4v) is 3.28. The number of rotatable bonds is 4. The Labute approximate surface area is 161 Å². The van der Waals surface area contributed by atoms with Gasteiger partial charge in [0.2, 0.25) is 11.7 Å². The van der Waals surface area contributed by atoms with Crippen LogP contribution in [0, 0.1) is 17.5 Å². The molecule has 0 spiro atoms. The van der Waals surface area contributed by atoms with Crippen molar-refractivity contribution in [1.29, 1.82) is 0 Å². The van der Waals surface area contributed by atoms with Gasteiger partial charge in [-0.05, 0) is 25.0 Å². The molecular formula is C17H17F6N5O. The van der Waals surface area contributed by atoms with E-state index in [2.05, 4.69) is 10.2 Å². The first kappa shape index (κ1) is 21.1. The van der Waals surface area contributed by atoms with Crippen LogP contribution in [0.4, 0.5) is 26.3 Å². The van der Waals surface area contributed by atoms with Crippen LogP contribution in [0.3, 0.4) is 0 Å². The molecule has 0 saturated heterocycles. The minimum Gasteiger partial charge on any atom is -0.331 e. The van der Waals surface area contributed by atoms with Crippen molar-refractivity contribution in [3.05, 3.63) is 46.8 Å². The molecule has 0 radical (unpaired) electrons. The minimum atomic E-state index is -4.66. The Morgan fingerprint density at radius 1 is 1.21 bits per heavy atom. The normalized spacial score (nSPS) is 17.9. The average molecular weight is 421 g/mol. The van der Waals surface area contributed by atoms with Gasteiger partial charge >= 0.3 is 6.18 Å². The molecule has 1 aromatic heterocycles. The summed E-state index contributed by atoms with van der Waals surface area (Å²) in [4.78, 5) is 13.9. The first-order chi connectivity index (χ1) is 13.5.